The molecule has 1 heterocycles. The first-order valence-corrected chi connectivity index (χ1v) is 7.87. The van der Waals surface area contributed by atoms with Gasteiger partial charge in [-0.3, -0.25) is 0 Å². The van der Waals surface area contributed by atoms with Gasteiger partial charge in [0.1, 0.15) is 5.75 Å². The van der Waals surface area contributed by atoms with E-state index in [1.54, 1.807) is 7.11 Å². The third-order valence-electron chi connectivity index (χ3n) is 3.81. The van der Waals surface area contributed by atoms with Gasteiger partial charge in [-0.2, -0.15) is 11.8 Å². The SMILES string of the molecule is CNC(CCc1ccc(OC)cc1)C1CCSC1. The van der Waals surface area contributed by atoms with Gasteiger partial charge in [0.15, 0.2) is 0 Å². The van der Waals surface area contributed by atoms with E-state index in [1.807, 2.05) is 0 Å². The third-order valence-corrected chi connectivity index (χ3v) is 5.00. The normalized spacial score (nSPS) is 20.9. The van der Waals surface area contributed by atoms with E-state index in [0.717, 1.165) is 18.1 Å². The maximum absolute atomic E-state index is 5.18. The van der Waals surface area contributed by atoms with Crippen LogP contribution in [0.15, 0.2) is 24.3 Å². The Labute approximate surface area is 114 Å². The Kier molecular flexibility index (Phi) is 5.39. The fraction of sp³-hybridized carbons (Fsp3) is 0.600. The van der Waals surface area contributed by atoms with Gasteiger partial charge in [-0.05, 0) is 61.4 Å². The van der Waals surface area contributed by atoms with Crippen LogP contribution in [0.3, 0.4) is 0 Å². The van der Waals surface area contributed by atoms with Gasteiger partial charge in [0, 0.05) is 6.04 Å². The summed E-state index contributed by atoms with van der Waals surface area (Å²) < 4.78 is 5.18. The first-order chi connectivity index (χ1) is 8.83. The molecule has 1 aromatic carbocycles. The van der Waals surface area contributed by atoms with Gasteiger partial charge in [-0.1, -0.05) is 12.1 Å². The second kappa shape index (κ2) is 7.05. The van der Waals surface area contributed by atoms with Crippen LogP contribution in [0.4, 0.5) is 0 Å². The molecule has 0 spiro atoms. The fourth-order valence-electron chi connectivity index (χ4n) is 2.60. The Morgan fingerprint density at radius 2 is 2.17 bits per heavy atom. The van der Waals surface area contributed by atoms with Gasteiger partial charge < -0.3 is 10.1 Å². The Morgan fingerprint density at radius 3 is 2.72 bits per heavy atom. The molecule has 0 radical (unpaired) electrons. The maximum Gasteiger partial charge on any atom is 0.118 e. The lowest BCUT2D eigenvalue weighted by Gasteiger charge is -2.22. The highest BCUT2D eigenvalue weighted by atomic mass is 32.2. The second-order valence-corrected chi connectivity index (χ2v) is 6.06. The molecule has 2 rings (SSSR count). The predicted molar refractivity (Wildman–Crippen MR) is 79.6 cm³/mol. The zero-order valence-corrected chi connectivity index (χ0v) is 12.1. The number of nitrogens with one attached hydrogen (secondary N) is 1. The predicted octanol–water partition coefficient (Wildman–Crippen LogP) is 2.97. The highest BCUT2D eigenvalue weighted by Crippen LogP contribution is 2.28. The first kappa shape index (κ1) is 13.8. The Balaban J connectivity index is 1.84. The van der Waals surface area contributed by atoms with Crippen molar-refractivity contribution in [1.29, 1.82) is 0 Å². The van der Waals surface area contributed by atoms with Crippen LogP contribution in [-0.4, -0.2) is 31.7 Å². The topological polar surface area (TPSA) is 21.3 Å². The number of rotatable bonds is 6. The van der Waals surface area contributed by atoms with Crippen molar-refractivity contribution in [3.63, 3.8) is 0 Å². The molecular formula is C15H23NOS. The van der Waals surface area contributed by atoms with Crippen molar-refractivity contribution in [1.82, 2.24) is 5.32 Å². The first-order valence-electron chi connectivity index (χ1n) is 6.71. The van der Waals surface area contributed by atoms with Crippen LogP contribution in [-0.2, 0) is 6.42 Å². The molecular weight excluding hydrogens is 242 g/mol. The van der Waals surface area contributed by atoms with Gasteiger partial charge in [0.2, 0.25) is 0 Å². The van der Waals surface area contributed by atoms with Crippen molar-refractivity contribution in [2.45, 2.75) is 25.3 Å². The van der Waals surface area contributed by atoms with Gasteiger partial charge in [0.25, 0.3) is 0 Å². The molecule has 0 aliphatic carbocycles. The van der Waals surface area contributed by atoms with Crippen LogP contribution in [0.25, 0.3) is 0 Å². The number of hydrogen-bond acceptors (Lipinski definition) is 3. The molecule has 3 heteroatoms. The molecule has 1 aliphatic rings. The summed E-state index contributed by atoms with van der Waals surface area (Å²) >= 11 is 2.10. The minimum atomic E-state index is 0.669. The average molecular weight is 265 g/mol. The Hall–Kier alpha value is -0.670. The molecule has 0 saturated carbocycles. The summed E-state index contributed by atoms with van der Waals surface area (Å²) in [5.74, 6) is 4.47. The summed E-state index contributed by atoms with van der Waals surface area (Å²) in [7, 11) is 3.81. The van der Waals surface area contributed by atoms with Crippen molar-refractivity contribution in [3.8, 4) is 5.75 Å². The summed E-state index contributed by atoms with van der Waals surface area (Å²) in [5, 5.41) is 3.50. The van der Waals surface area contributed by atoms with Crippen LogP contribution in [0, 0.1) is 5.92 Å². The maximum atomic E-state index is 5.18. The number of ether oxygens (including phenoxy) is 1. The zero-order chi connectivity index (χ0) is 12.8. The standard InChI is InChI=1S/C15H23NOS/c1-16-15(13-9-10-18-11-13)8-5-12-3-6-14(17-2)7-4-12/h3-4,6-7,13,15-16H,5,8-11H2,1-2H3. The molecule has 1 aromatic rings. The van der Waals surface area contributed by atoms with Crippen LogP contribution in [0.2, 0.25) is 0 Å². The summed E-state index contributed by atoms with van der Waals surface area (Å²) in [6, 6.07) is 9.12. The highest BCUT2D eigenvalue weighted by molar-refractivity contribution is 7.99. The summed E-state index contributed by atoms with van der Waals surface area (Å²) in [6.07, 6.45) is 3.75. The van der Waals surface area contributed by atoms with E-state index < -0.39 is 0 Å². The average Bonchev–Trinajstić information content (AvgIpc) is 2.94. The van der Waals surface area contributed by atoms with Crippen LogP contribution in [0.5, 0.6) is 5.75 Å². The molecule has 100 valence electrons. The summed E-state index contributed by atoms with van der Waals surface area (Å²) in [5.41, 5.74) is 1.40. The van der Waals surface area contributed by atoms with Crippen molar-refractivity contribution >= 4 is 11.8 Å². The Morgan fingerprint density at radius 1 is 1.39 bits per heavy atom. The van der Waals surface area contributed by atoms with Crippen molar-refractivity contribution < 1.29 is 4.74 Å². The minimum absolute atomic E-state index is 0.669. The molecule has 1 aliphatic heterocycles. The van der Waals surface area contributed by atoms with Crippen molar-refractivity contribution in [2.24, 2.45) is 5.92 Å². The van der Waals surface area contributed by atoms with E-state index in [0.29, 0.717) is 6.04 Å². The van der Waals surface area contributed by atoms with E-state index in [1.165, 1.54) is 29.9 Å². The lowest BCUT2D eigenvalue weighted by atomic mass is 9.93. The third kappa shape index (κ3) is 3.66. The van der Waals surface area contributed by atoms with E-state index in [9.17, 15) is 0 Å². The number of hydrogen-bond donors (Lipinski definition) is 1. The number of aryl methyl sites for hydroxylation is 1. The van der Waals surface area contributed by atoms with Gasteiger partial charge >= 0.3 is 0 Å². The summed E-state index contributed by atoms with van der Waals surface area (Å²) in [4.78, 5) is 0. The van der Waals surface area contributed by atoms with E-state index in [-0.39, 0.29) is 0 Å². The molecule has 0 amide bonds. The van der Waals surface area contributed by atoms with Crippen molar-refractivity contribution in [2.75, 3.05) is 25.7 Å². The van der Waals surface area contributed by atoms with E-state index in [2.05, 4.69) is 48.4 Å². The number of methoxy groups -OCH3 is 1. The van der Waals surface area contributed by atoms with Crippen LogP contribution >= 0.6 is 11.8 Å². The zero-order valence-electron chi connectivity index (χ0n) is 11.3. The Bertz CT molecular complexity index is 346. The van der Waals surface area contributed by atoms with Crippen LogP contribution in [0.1, 0.15) is 18.4 Å². The monoisotopic (exact) mass is 265 g/mol. The molecule has 0 bridgehead atoms. The highest BCUT2D eigenvalue weighted by Gasteiger charge is 2.23. The molecule has 0 aromatic heterocycles. The molecule has 18 heavy (non-hydrogen) atoms. The quantitative estimate of drug-likeness (QED) is 0.854. The van der Waals surface area contributed by atoms with E-state index >= 15 is 0 Å². The number of thioether (sulfide) groups is 1. The fourth-order valence-corrected chi connectivity index (χ4v) is 3.94. The lowest BCUT2D eigenvalue weighted by molar-refractivity contribution is 0.384. The lowest BCUT2D eigenvalue weighted by Crippen LogP contribution is -2.34. The molecule has 2 atom stereocenters. The number of benzene rings is 1. The van der Waals surface area contributed by atoms with E-state index in [4.69, 9.17) is 4.74 Å². The van der Waals surface area contributed by atoms with Gasteiger partial charge in [0.05, 0.1) is 7.11 Å². The van der Waals surface area contributed by atoms with Gasteiger partial charge in [-0.15, -0.1) is 0 Å². The van der Waals surface area contributed by atoms with Crippen molar-refractivity contribution in [3.05, 3.63) is 29.8 Å². The minimum Gasteiger partial charge on any atom is -0.497 e. The van der Waals surface area contributed by atoms with Gasteiger partial charge in [-0.25, -0.2) is 0 Å². The largest absolute Gasteiger partial charge is 0.497 e. The molecule has 2 nitrogen and oxygen atoms in total. The van der Waals surface area contributed by atoms with Crippen LogP contribution < -0.4 is 10.1 Å². The molecule has 1 saturated heterocycles. The second-order valence-electron chi connectivity index (χ2n) is 4.91. The molecule has 2 unspecified atom stereocenters. The molecule has 1 N–H and O–H groups in total. The molecule has 1 fully saturated rings. The summed E-state index contributed by atoms with van der Waals surface area (Å²) in [6.45, 7) is 0. The smallest absolute Gasteiger partial charge is 0.118 e.